The molecule has 11 aromatic rings. The van der Waals surface area contributed by atoms with Crippen molar-refractivity contribution in [2.75, 3.05) is 9.80 Å². The minimum Gasteiger partial charge on any atom is -0.455 e. The maximum Gasteiger partial charge on any atom is 0.145 e. The molecule has 0 radical (unpaired) electrons. The molecule has 1 aliphatic rings. The summed E-state index contributed by atoms with van der Waals surface area (Å²) in [5, 5.41) is 5.95. The van der Waals surface area contributed by atoms with Gasteiger partial charge in [0.1, 0.15) is 11.2 Å². The Labute approximate surface area is 444 Å². The van der Waals surface area contributed by atoms with E-state index in [9.17, 15) is 0 Å². The number of furan rings is 1. The molecule has 0 saturated carbocycles. The molecule has 0 unspecified atom stereocenters. The van der Waals surface area contributed by atoms with Crippen LogP contribution >= 0.6 is 0 Å². The van der Waals surface area contributed by atoms with Crippen molar-refractivity contribution in [3.8, 4) is 11.1 Å². The lowest BCUT2D eigenvalue weighted by Gasteiger charge is -2.36. The molecule has 0 N–H and O–H groups in total. The van der Waals surface area contributed by atoms with Crippen LogP contribution in [0.4, 0.5) is 34.1 Å². The fourth-order valence-electron chi connectivity index (χ4n) is 11.9. The number of fused-ring (bicyclic) bond motifs is 9. The summed E-state index contributed by atoms with van der Waals surface area (Å²) < 4.78 is 7.47. The quantitative estimate of drug-likeness (QED) is 0.134. The first-order valence-corrected chi connectivity index (χ1v) is 30.2. The highest BCUT2D eigenvalue weighted by molar-refractivity contribution is 6.88. The van der Waals surface area contributed by atoms with Crippen molar-refractivity contribution in [3.63, 3.8) is 0 Å². The van der Waals surface area contributed by atoms with E-state index < -0.39 is 13.5 Å². The number of anilines is 6. The predicted octanol–water partition coefficient (Wildman–Crippen LogP) is 19.5. The van der Waals surface area contributed by atoms with E-state index in [1.165, 1.54) is 60.5 Å². The third-order valence-corrected chi connectivity index (χ3v) is 17.9. The van der Waals surface area contributed by atoms with Crippen molar-refractivity contribution < 1.29 is 4.42 Å². The number of rotatable bonds is 9. The number of benzene rings is 10. The van der Waals surface area contributed by atoms with Crippen LogP contribution in [0, 0.1) is 6.92 Å². The van der Waals surface area contributed by atoms with E-state index >= 15 is 0 Å². The van der Waals surface area contributed by atoms with Crippen LogP contribution in [0.2, 0.25) is 19.6 Å². The smallest absolute Gasteiger partial charge is 0.145 e. The van der Waals surface area contributed by atoms with E-state index in [2.05, 4.69) is 296 Å². The highest BCUT2D eigenvalue weighted by Crippen LogP contribution is 2.63. The molecule has 0 bridgehead atoms. The van der Waals surface area contributed by atoms with Gasteiger partial charge in [0.15, 0.2) is 0 Å². The summed E-state index contributed by atoms with van der Waals surface area (Å²) in [5.74, 6) is 0. The van der Waals surface area contributed by atoms with Crippen LogP contribution in [0.3, 0.4) is 0 Å². The monoisotopic (exact) mass is 990 g/mol. The van der Waals surface area contributed by atoms with Crippen molar-refractivity contribution in [1.82, 2.24) is 0 Å². The van der Waals surface area contributed by atoms with Gasteiger partial charge in [-0.15, -0.1) is 0 Å². The summed E-state index contributed by atoms with van der Waals surface area (Å²) in [6, 6.07) is 82.2. The van der Waals surface area contributed by atoms with Gasteiger partial charge < -0.3 is 14.2 Å². The average Bonchev–Trinajstić information content (AvgIpc) is 4.00. The van der Waals surface area contributed by atoms with E-state index in [4.69, 9.17) is 4.42 Å². The second kappa shape index (κ2) is 17.9. The number of aryl methyl sites for hydroxylation is 1. The van der Waals surface area contributed by atoms with Gasteiger partial charge in [-0.05, 0) is 129 Å². The number of hydrogen-bond donors (Lipinski definition) is 0. The van der Waals surface area contributed by atoms with Gasteiger partial charge in [-0.25, -0.2) is 0 Å². The summed E-state index contributed by atoms with van der Waals surface area (Å²) in [4.78, 5) is 4.98. The average molecular weight is 991 g/mol. The maximum atomic E-state index is 7.47. The Balaban J connectivity index is 1.25. The predicted molar refractivity (Wildman–Crippen MR) is 323 cm³/mol. The highest BCUT2D eigenvalue weighted by Gasteiger charge is 2.50. The van der Waals surface area contributed by atoms with Gasteiger partial charge in [0, 0.05) is 39.1 Å². The maximum absolute atomic E-state index is 7.47. The number of nitrogens with zero attached hydrogens (tertiary/aromatic N) is 2. The molecular formula is C71H66N2OSi. The summed E-state index contributed by atoms with van der Waals surface area (Å²) in [7, 11) is -1.60. The molecule has 0 atom stereocenters. The standard InChI is InChI=1S/C71H66N2OSi/c1-47-29-35-52(36-30-47)73(54-39-33-49(34-40-54)70(5,6)7)63-46-61-67(68-66(63)59-27-19-20-28-64(59)74-68)65-58-26-18-17-25-57(58)62(45-60(65)71(61,50-21-13-11-14-22-50)51-23-15-12-16-24-51)72(53-37-31-48(32-38-53)69(2,3)4)55-41-43-56(44-42-55)75(8,9)10/h11-46H,1-10H3. The van der Waals surface area contributed by atoms with E-state index in [1.54, 1.807) is 0 Å². The molecule has 75 heavy (non-hydrogen) atoms. The van der Waals surface area contributed by atoms with Crippen LogP contribution in [-0.4, -0.2) is 8.07 Å². The minimum atomic E-state index is -1.60. The topological polar surface area (TPSA) is 19.6 Å². The molecule has 1 aliphatic carbocycles. The van der Waals surface area contributed by atoms with Crippen LogP contribution in [0.1, 0.15) is 80.5 Å². The first-order chi connectivity index (χ1) is 36.0. The number of para-hydroxylation sites is 1. The fraction of sp³-hybridized carbons (Fsp3) is 0.183. The normalized spacial score (nSPS) is 13.3. The molecule has 0 amide bonds. The van der Waals surface area contributed by atoms with Gasteiger partial charge >= 0.3 is 0 Å². The van der Waals surface area contributed by atoms with Crippen molar-refractivity contribution >= 4 is 80.1 Å². The molecule has 3 nitrogen and oxygen atoms in total. The van der Waals surface area contributed by atoms with Crippen LogP contribution in [0.5, 0.6) is 0 Å². The number of hydrogen-bond acceptors (Lipinski definition) is 3. The van der Waals surface area contributed by atoms with Crippen molar-refractivity contribution in [2.45, 2.75) is 84.4 Å². The van der Waals surface area contributed by atoms with Gasteiger partial charge in [0.05, 0.1) is 30.2 Å². The summed E-state index contributed by atoms with van der Waals surface area (Å²) in [5.41, 5.74) is 18.5. The third kappa shape index (κ3) is 8.01. The molecule has 1 heterocycles. The van der Waals surface area contributed by atoms with Gasteiger partial charge in [0.2, 0.25) is 0 Å². The van der Waals surface area contributed by atoms with Gasteiger partial charge in [-0.3, -0.25) is 0 Å². The Morgan fingerprint density at radius 3 is 1.33 bits per heavy atom. The Bertz CT molecular complexity index is 3810. The van der Waals surface area contributed by atoms with Crippen LogP contribution in [0.25, 0.3) is 43.8 Å². The van der Waals surface area contributed by atoms with Crippen LogP contribution in [0.15, 0.2) is 223 Å². The summed E-state index contributed by atoms with van der Waals surface area (Å²) >= 11 is 0. The van der Waals surface area contributed by atoms with Crippen molar-refractivity contribution in [3.05, 3.63) is 257 Å². The highest BCUT2D eigenvalue weighted by atomic mass is 28.3. The molecule has 0 fully saturated rings. The SMILES string of the molecule is Cc1ccc(N(c2ccc(C(C)(C)C)cc2)c2cc3c(c4oc5ccccc5c24)-c2c(cc(N(c4ccc(C(C)(C)C)cc4)c4ccc([Si](C)(C)C)cc4)c4ccccc24)C3(c2ccccc2)c2ccccc2)cc1. The lowest BCUT2D eigenvalue weighted by Crippen LogP contribution is -2.37. The van der Waals surface area contributed by atoms with Gasteiger partial charge in [-0.1, -0.05) is 224 Å². The second-order valence-electron chi connectivity index (χ2n) is 23.9. The molecule has 4 heteroatoms. The first-order valence-electron chi connectivity index (χ1n) is 26.7. The zero-order chi connectivity index (χ0) is 52.0. The minimum absolute atomic E-state index is 0.00389. The Morgan fingerprint density at radius 2 is 0.827 bits per heavy atom. The molecular weight excluding hydrogens is 925 g/mol. The van der Waals surface area contributed by atoms with Gasteiger partial charge in [-0.2, -0.15) is 0 Å². The first kappa shape index (κ1) is 48.0. The van der Waals surface area contributed by atoms with E-state index in [0.717, 1.165) is 61.6 Å². The van der Waals surface area contributed by atoms with Crippen molar-refractivity contribution in [1.29, 1.82) is 0 Å². The molecule has 0 spiro atoms. The van der Waals surface area contributed by atoms with E-state index in [-0.39, 0.29) is 10.8 Å². The molecule has 12 rings (SSSR count). The molecule has 0 aliphatic heterocycles. The molecule has 10 aromatic carbocycles. The largest absolute Gasteiger partial charge is 0.455 e. The lowest BCUT2D eigenvalue weighted by atomic mass is 9.67. The zero-order valence-corrected chi connectivity index (χ0v) is 46.1. The lowest BCUT2D eigenvalue weighted by molar-refractivity contribution is 0.590. The third-order valence-electron chi connectivity index (χ3n) is 15.9. The molecule has 0 saturated heterocycles. The zero-order valence-electron chi connectivity index (χ0n) is 45.1. The van der Waals surface area contributed by atoms with E-state index in [0.29, 0.717) is 0 Å². The molecule has 370 valence electrons. The van der Waals surface area contributed by atoms with Crippen LogP contribution in [-0.2, 0) is 16.2 Å². The van der Waals surface area contributed by atoms with E-state index in [1.807, 2.05) is 0 Å². The Hall–Kier alpha value is -7.92. The summed E-state index contributed by atoms with van der Waals surface area (Å²) in [6.07, 6.45) is 0. The fourth-order valence-corrected chi connectivity index (χ4v) is 13.1. The Kier molecular flexibility index (Phi) is 11.5. The molecule has 1 aromatic heterocycles. The Morgan fingerprint density at radius 1 is 0.413 bits per heavy atom. The second-order valence-corrected chi connectivity index (χ2v) is 28.9. The van der Waals surface area contributed by atoms with Crippen LogP contribution < -0.4 is 15.0 Å². The summed E-state index contributed by atoms with van der Waals surface area (Å²) in [6.45, 7) is 23.2. The van der Waals surface area contributed by atoms with Gasteiger partial charge in [0.25, 0.3) is 0 Å². The van der Waals surface area contributed by atoms with Crippen molar-refractivity contribution in [2.24, 2.45) is 0 Å².